The van der Waals surface area contributed by atoms with Crippen molar-refractivity contribution in [3.8, 4) is 0 Å². The van der Waals surface area contributed by atoms with Gasteiger partial charge in [0, 0.05) is 17.8 Å². The molecule has 1 rings (SSSR count). The van der Waals surface area contributed by atoms with E-state index in [4.69, 9.17) is 0 Å². The summed E-state index contributed by atoms with van der Waals surface area (Å²) in [6.45, 7) is 8.59. The molecule has 0 bridgehead atoms. The zero-order valence-corrected chi connectivity index (χ0v) is 8.26. The minimum absolute atomic E-state index is 0.151. The van der Waals surface area contributed by atoms with Crippen molar-refractivity contribution >= 4 is 0 Å². The van der Waals surface area contributed by atoms with Gasteiger partial charge < -0.3 is 0 Å². The topological polar surface area (TPSA) is 25.8 Å². The average Bonchev–Trinajstić information content (AvgIpc) is 2.05. The van der Waals surface area contributed by atoms with Crippen molar-refractivity contribution in [2.75, 3.05) is 0 Å². The molecule has 0 amide bonds. The Morgan fingerprint density at radius 1 is 1.25 bits per heavy atom. The minimum Gasteiger partial charge on any atom is -0.258 e. The zero-order valence-electron chi connectivity index (χ0n) is 8.26. The van der Waals surface area contributed by atoms with E-state index in [1.165, 1.54) is 0 Å². The molecule has 0 aliphatic carbocycles. The lowest BCUT2D eigenvalue weighted by Gasteiger charge is -2.22. The van der Waals surface area contributed by atoms with Crippen LogP contribution in [-0.4, -0.2) is 9.97 Å². The van der Waals surface area contributed by atoms with E-state index >= 15 is 0 Å². The second-order valence-electron chi connectivity index (χ2n) is 3.73. The summed E-state index contributed by atoms with van der Waals surface area (Å²) >= 11 is 0. The third-order valence-corrected chi connectivity index (χ3v) is 2.41. The molecule has 0 aliphatic rings. The SMILES string of the molecule is CCC(C)(C)c1nccnc1C. The van der Waals surface area contributed by atoms with Crippen molar-refractivity contribution in [2.24, 2.45) is 0 Å². The highest BCUT2D eigenvalue weighted by Gasteiger charge is 2.21. The van der Waals surface area contributed by atoms with Crippen LogP contribution in [0.4, 0.5) is 0 Å². The Balaban J connectivity index is 3.10. The van der Waals surface area contributed by atoms with Gasteiger partial charge in [0.1, 0.15) is 0 Å². The van der Waals surface area contributed by atoms with Crippen molar-refractivity contribution in [2.45, 2.75) is 39.5 Å². The van der Waals surface area contributed by atoms with E-state index in [2.05, 4.69) is 30.7 Å². The molecule has 0 fully saturated rings. The molecule has 0 aromatic carbocycles. The Hall–Kier alpha value is -0.920. The maximum absolute atomic E-state index is 4.36. The summed E-state index contributed by atoms with van der Waals surface area (Å²) in [4.78, 5) is 8.59. The fourth-order valence-electron chi connectivity index (χ4n) is 1.24. The first-order chi connectivity index (χ1) is 5.58. The van der Waals surface area contributed by atoms with Crippen LogP contribution in [0.2, 0.25) is 0 Å². The van der Waals surface area contributed by atoms with E-state index in [1.807, 2.05) is 6.92 Å². The first kappa shape index (κ1) is 9.17. The van der Waals surface area contributed by atoms with Crippen LogP contribution in [0.1, 0.15) is 38.6 Å². The zero-order chi connectivity index (χ0) is 9.19. The summed E-state index contributed by atoms with van der Waals surface area (Å²) in [6, 6.07) is 0. The van der Waals surface area contributed by atoms with Gasteiger partial charge in [-0.15, -0.1) is 0 Å². The van der Waals surface area contributed by atoms with Crippen LogP contribution in [0.3, 0.4) is 0 Å². The number of hydrogen-bond donors (Lipinski definition) is 0. The molecular formula is C10H16N2. The van der Waals surface area contributed by atoms with Crippen LogP contribution < -0.4 is 0 Å². The fraction of sp³-hybridized carbons (Fsp3) is 0.600. The Morgan fingerprint density at radius 3 is 2.33 bits per heavy atom. The maximum Gasteiger partial charge on any atom is 0.0671 e. The highest BCUT2D eigenvalue weighted by molar-refractivity contribution is 5.18. The van der Waals surface area contributed by atoms with Crippen molar-refractivity contribution in [1.29, 1.82) is 0 Å². The second-order valence-corrected chi connectivity index (χ2v) is 3.73. The maximum atomic E-state index is 4.36. The average molecular weight is 164 g/mol. The lowest BCUT2D eigenvalue weighted by molar-refractivity contribution is 0.484. The quantitative estimate of drug-likeness (QED) is 0.671. The monoisotopic (exact) mass is 164 g/mol. The van der Waals surface area contributed by atoms with E-state index in [9.17, 15) is 0 Å². The standard InChI is InChI=1S/C10H16N2/c1-5-10(3,4)9-8(2)11-6-7-12-9/h6-7H,5H2,1-4H3. The molecule has 0 saturated heterocycles. The predicted octanol–water partition coefficient (Wildman–Crippen LogP) is 2.47. The Bertz CT molecular complexity index is 266. The molecule has 0 unspecified atom stereocenters. The third kappa shape index (κ3) is 1.63. The molecule has 66 valence electrons. The Labute approximate surface area is 74.1 Å². The largest absolute Gasteiger partial charge is 0.258 e. The van der Waals surface area contributed by atoms with Gasteiger partial charge in [0.25, 0.3) is 0 Å². The van der Waals surface area contributed by atoms with Gasteiger partial charge >= 0.3 is 0 Å². The van der Waals surface area contributed by atoms with Crippen LogP contribution >= 0.6 is 0 Å². The van der Waals surface area contributed by atoms with E-state index in [1.54, 1.807) is 12.4 Å². The molecule has 2 nitrogen and oxygen atoms in total. The van der Waals surface area contributed by atoms with Gasteiger partial charge in [-0.1, -0.05) is 20.8 Å². The normalized spacial score (nSPS) is 11.7. The summed E-state index contributed by atoms with van der Waals surface area (Å²) in [5, 5.41) is 0. The van der Waals surface area contributed by atoms with Crippen LogP contribution in [0.25, 0.3) is 0 Å². The molecule has 1 aromatic heterocycles. The van der Waals surface area contributed by atoms with Crippen molar-refractivity contribution in [3.05, 3.63) is 23.8 Å². The molecular weight excluding hydrogens is 148 g/mol. The molecule has 1 aromatic rings. The van der Waals surface area contributed by atoms with E-state index < -0.39 is 0 Å². The molecule has 0 radical (unpaired) electrons. The van der Waals surface area contributed by atoms with Gasteiger partial charge in [-0.2, -0.15) is 0 Å². The number of nitrogens with zero attached hydrogens (tertiary/aromatic N) is 2. The Kier molecular flexibility index (Phi) is 2.46. The first-order valence-electron chi connectivity index (χ1n) is 4.36. The third-order valence-electron chi connectivity index (χ3n) is 2.41. The Morgan fingerprint density at radius 2 is 1.83 bits per heavy atom. The number of rotatable bonds is 2. The van der Waals surface area contributed by atoms with Crippen LogP contribution in [0.5, 0.6) is 0 Å². The summed E-state index contributed by atoms with van der Waals surface area (Å²) in [6.07, 6.45) is 4.59. The van der Waals surface area contributed by atoms with Gasteiger partial charge in [0.15, 0.2) is 0 Å². The fourth-order valence-corrected chi connectivity index (χ4v) is 1.24. The summed E-state index contributed by atoms with van der Waals surface area (Å²) in [5.74, 6) is 0. The minimum atomic E-state index is 0.151. The van der Waals surface area contributed by atoms with Gasteiger partial charge in [0.05, 0.1) is 11.4 Å². The van der Waals surface area contributed by atoms with Gasteiger partial charge in [0.2, 0.25) is 0 Å². The van der Waals surface area contributed by atoms with E-state index in [0.717, 1.165) is 17.8 Å². The highest BCUT2D eigenvalue weighted by atomic mass is 14.8. The second kappa shape index (κ2) is 3.21. The van der Waals surface area contributed by atoms with Crippen molar-refractivity contribution < 1.29 is 0 Å². The molecule has 0 saturated carbocycles. The van der Waals surface area contributed by atoms with Crippen LogP contribution in [0, 0.1) is 6.92 Å². The number of hydrogen-bond acceptors (Lipinski definition) is 2. The molecule has 0 N–H and O–H groups in total. The number of aromatic nitrogens is 2. The number of aryl methyl sites for hydroxylation is 1. The van der Waals surface area contributed by atoms with E-state index in [0.29, 0.717) is 0 Å². The van der Waals surface area contributed by atoms with Gasteiger partial charge in [-0.3, -0.25) is 9.97 Å². The van der Waals surface area contributed by atoms with Crippen molar-refractivity contribution in [1.82, 2.24) is 9.97 Å². The van der Waals surface area contributed by atoms with Crippen LogP contribution in [-0.2, 0) is 5.41 Å². The summed E-state index contributed by atoms with van der Waals surface area (Å²) in [5.41, 5.74) is 2.31. The molecule has 2 heteroatoms. The van der Waals surface area contributed by atoms with E-state index in [-0.39, 0.29) is 5.41 Å². The lowest BCUT2D eigenvalue weighted by atomic mass is 9.85. The van der Waals surface area contributed by atoms with Gasteiger partial charge in [-0.25, -0.2) is 0 Å². The molecule has 0 spiro atoms. The molecule has 12 heavy (non-hydrogen) atoms. The first-order valence-corrected chi connectivity index (χ1v) is 4.36. The lowest BCUT2D eigenvalue weighted by Crippen LogP contribution is -2.19. The molecule has 0 atom stereocenters. The molecule has 1 heterocycles. The van der Waals surface area contributed by atoms with Gasteiger partial charge in [-0.05, 0) is 13.3 Å². The highest BCUT2D eigenvalue weighted by Crippen LogP contribution is 2.25. The van der Waals surface area contributed by atoms with Crippen LogP contribution in [0.15, 0.2) is 12.4 Å². The predicted molar refractivity (Wildman–Crippen MR) is 50.1 cm³/mol. The summed E-state index contributed by atoms with van der Waals surface area (Å²) in [7, 11) is 0. The molecule has 0 aliphatic heterocycles. The smallest absolute Gasteiger partial charge is 0.0671 e. The van der Waals surface area contributed by atoms with Crippen molar-refractivity contribution in [3.63, 3.8) is 0 Å². The summed E-state index contributed by atoms with van der Waals surface area (Å²) < 4.78 is 0.